The first-order valence-corrected chi connectivity index (χ1v) is 13.5. The Labute approximate surface area is 220 Å². The smallest absolute Gasteiger partial charge is 0.308 e. The second-order valence-corrected chi connectivity index (χ2v) is 10.8. The molecule has 11 heteroatoms. The summed E-state index contributed by atoms with van der Waals surface area (Å²) in [5, 5.41) is 14.9. The van der Waals surface area contributed by atoms with Crippen molar-refractivity contribution in [2.45, 2.75) is 21.4 Å². The molecule has 0 radical (unpaired) electrons. The van der Waals surface area contributed by atoms with Crippen LogP contribution in [-0.4, -0.2) is 41.2 Å². The Morgan fingerprint density at radius 1 is 1.03 bits per heavy atom. The van der Waals surface area contributed by atoms with Crippen LogP contribution in [0.4, 0.5) is 0 Å². The van der Waals surface area contributed by atoms with Crippen molar-refractivity contribution in [1.82, 2.24) is 15.6 Å². The normalized spacial score (nSPS) is 11.1. The number of esters is 1. The standard InChI is InChI=1S/C25H22N4O4S3/c1-16(30)33-21-11-10-17(12-22(21)32-2)13-26-27-23(31)15-35-25-29-28-24(36-25)34-14-19-8-5-7-18-6-3-4-9-20(18)19/h3-13H,14-15H2,1-2H3,(H,27,31)/b26-13+. The van der Waals surface area contributed by atoms with Gasteiger partial charge in [-0.05, 0) is 40.1 Å². The van der Waals surface area contributed by atoms with Crippen molar-refractivity contribution in [3.05, 3.63) is 71.8 Å². The lowest BCUT2D eigenvalue weighted by atomic mass is 10.1. The van der Waals surface area contributed by atoms with Gasteiger partial charge in [-0.15, -0.1) is 10.2 Å². The lowest BCUT2D eigenvalue weighted by Crippen LogP contribution is -2.19. The Kier molecular flexibility index (Phi) is 8.93. The summed E-state index contributed by atoms with van der Waals surface area (Å²) in [6.07, 6.45) is 1.48. The molecule has 4 rings (SSSR count). The molecule has 1 heterocycles. The number of amides is 1. The van der Waals surface area contributed by atoms with E-state index in [4.69, 9.17) is 9.47 Å². The van der Waals surface area contributed by atoms with Gasteiger partial charge in [0.15, 0.2) is 20.2 Å². The minimum atomic E-state index is -0.439. The van der Waals surface area contributed by atoms with Crippen LogP contribution in [0.3, 0.4) is 0 Å². The summed E-state index contributed by atoms with van der Waals surface area (Å²) in [7, 11) is 1.48. The van der Waals surface area contributed by atoms with Crippen molar-refractivity contribution in [3.8, 4) is 11.5 Å². The van der Waals surface area contributed by atoms with E-state index in [0.717, 1.165) is 14.4 Å². The Hall–Kier alpha value is -3.41. The maximum absolute atomic E-state index is 12.2. The van der Waals surface area contributed by atoms with Crippen molar-refractivity contribution >= 4 is 63.7 Å². The molecule has 0 fully saturated rings. The van der Waals surface area contributed by atoms with E-state index in [0.29, 0.717) is 17.1 Å². The summed E-state index contributed by atoms with van der Waals surface area (Å²) < 4.78 is 11.9. The first-order chi connectivity index (χ1) is 17.5. The number of benzene rings is 3. The van der Waals surface area contributed by atoms with Gasteiger partial charge < -0.3 is 9.47 Å². The van der Waals surface area contributed by atoms with Crippen LogP contribution in [0.1, 0.15) is 18.1 Å². The lowest BCUT2D eigenvalue weighted by molar-refractivity contribution is -0.132. The Balaban J connectivity index is 1.25. The first-order valence-electron chi connectivity index (χ1n) is 10.8. The highest BCUT2D eigenvalue weighted by atomic mass is 32.2. The van der Waals surface area contributed by atoms with Crippen LogP contribution < -0.4 is 14.9 Å². The fourth-order valence-corrected chi connectivity index (χ4v) is 6.03. The van der Waals surface area contributed by atoms with Gasteiger partial charge in [-0.25, -0.2) is 5.43 Å². The number of hydrogen-bond donors (Lipinski definition) is 1. The Morgan fingerprint density at radius 2 is 1.81 bits per heavy atom. The highest BCUT2D eigenvalue weighted by Gasteiger charge is 2.10. The van der Waals surface area contributed by atoms with Gasteiger partial charge in [0.2, 0.25) is 0 Å². The van der Waals surface area contributed by atoms with Crippen molar-refractivity contribution in [2.75, 3.05) is 12.9 Å². The maximum atomic E-state index is 12.2. The molecular formula is C25H22N4O4S3. The van der Waals surface area contributed by atoms with Gasteiger partial charge in [-0.1, -0.05) is 77.3 Å². The summed E-state index contributed by atoms with van der Waals surface area (Å²) in [6.45, 7) is 1.32. The molecule has 1 N–H and O–H groups in total. The predicted octanol–water partition coefficient (Wildman–Crippen LogP) is 5.16. The van der Waals surface area contributed by atoms with Crippen molar-refractivity contribution in [3.63, 3.8) is 0 Å². The monoisotopic (exact) mass is 538 g/mol. The van der Waals surface area contributed by atoms with Gasteiger partial charge in [-0.2, -0.15) is 5.10 Å². The molecule has 0 unspecified atom stereocenters. The topological polar surface area (TPSA) is 103 Å². The lowest BCUT2D eigenvalue weighted by Gasteiger charge is -2.08. The number of carbonyl (C=O) groups is 2. The fraction of sp³-hybridized carbons (Fsp3) is 0.160. The highest BCUT2D eigenvalue weighted by molar-refractivity contribution is 8.03. The highest BCUT2D eigenvalue weighted by Crippen LogP contribution is 2.32. The third kappa shape index (κ3) is 7.06. The zero-order valence-corrected chi connectivity index (χ0v) is 21.9. The van der Waals surface area contributed by atoms with Crippen LogP contribution >= 0.6 is 34.9 Å². The molecule has 1 amide bonds. The average molecular weight is 539 g/mol. The number of ether oxygens (including phenoxy) is 2. The second kappa shape index (κ2) is 12.5. The molecule has 0 aliphatic heterocycles. The van der Waals surface area contributed by atoms with Crippen LogP contribution in [0, 0.1) is 0 Å². The molecule has 0 saturated carbocycles. The fourth-order valence-electron chi connectivity index (χ4n) is 3.21. The van der Waals surface area contributed by atoms with Crippen molar-refractivity contribution < 1.29 is 19.1 Å². The summed E-state index contributed by atoms with van der Waals surface area (Å²) in [5.41, 5.74) is 4.41. The molecule has 0 saturated heterocycles. The van der Waals surface area contributed by atoms with Gasteiger partial charge in [0, 0.05) is 12.7 Å². The van der Waals surface area contributed by atoms with E-state index in [1.54, 1.807) is 30.0 Å². The van der Waals surface area contributed by atoms with Gasteiger partial charge in [0.05, 0.1) is 19.1 Å². The number of methoxy groups -OCH3 is 1. The van der Waals surface area contributed by atoms with Crippen molar-refractivity contribution in [2.24, 2.45) is 5.10 Å². The second-order valence-electron chi connectivity index (χ2n) is 7.35. The zero-order chi connectivity index (χ0) is 25.3. The van der Waals surface area contributed by atoms with E-state index in [1.807, 2.05) is 12.1 Å². The summed E-state index contributed by atoms with van der Waals surface area (Å²) in [6, 6.07) is 19.6. The maximum Gasteiger partial charge on any atom is 0.308 e. The first kappa shape index (κ1) is 25.7. The quantitative estimate of drug-likeness (QED) is 0.0971. The number of thioether (sulfide) groups is 2. The minimum absolute atomic E-state index is 0.161. The molecule has 184 valence electrons. The number of rotatable bonds is 10. The Bertz CT molecular complexity index is 1400. The van der Waals surface area contributed by atoms with Crippen LogP contribution in [0.2, 0.25) is 0 Å². The van der Waals surface area contributed by atoms with Gasteiger partial charge >= 0.3 is 5.97 Å². The molecule has 0 aliphatic rings. The molecule has 1 aromatic heterocycles. The zero-order valence-electron chi connectivity index (χ0n) is 19.5. The molecular weight excluding hydrogens is 517 g/mol. The van der Waals surface area contributed by atoms with E-state index in [-0.39, 0.29) is 11.7 Å². The number of hydrazone groups is 1. The molecule has 0 aliphatic carbocycles. The van der Waals surface area contributed by atoms with E-state index in [2.05, 4.69) is 51.1 Å². The van der Waals surface area contributed by atoms with Crippen LogP contribution in [0.25, 0.3) is 10.8 Å². The van der Waals surface area contributed by atoms with Crippen LogP contribution in [-0.2, 0) is 15.3 Å². The van der Waals surface area contributed by atoms with E-state index in [9.17, 15) is 9.59 Å². The number of hydrogen-bond acceptors (Lipinski definition) is 10. The van der Waals surface area contributed by atoms with Gasteiger partial charge in [-0.3, -0.25) is 9.59 Å². The molecule has 0 bridgehead atoms. The van der Waals surface area contributed by atoms with E-state index >= 15 is 0 Å². The minimum Gasteiger partial charge on any atom is -0.493 e. The Morgan fingerprint density at radius 3 is 2.61 bits per heavy atom. The molecule has 0 atom stereocenters. The third-order valence-corrected chi connectivity index (χ3v) is 8.03. The molecule has 8 nitrogen and oxygen atoms in total. The van der Waals surface area contributed by atoms with Crippen LogP contribution in [0.5, 0.6) is 11.5 Å². The summed E-state index contributed by atoms with van der Waals surface area (Å²) in [4.78, 5) is 23.3. The third-order valence-electron chi connectivity index (χ3n) is 4.79. The largest absolute Gasteiger partial charge is 0.493 e. The summed E-state index contributed by atoms with van der Waals surface area (Å²) >= 11 is 4.41. The molecule has 36 heavy (non-hydrogen) atoms. The number of carbonyl (C=O) groups excluding carboxylic acids is 2. The van der Waals surface area contributed by atoms with Gasteiger partial charge in [0.25, 0.3) is 5.91 Å². The van der Waals surface area contributed by atoms with Crippen LogP contribution in [0.15, 0.2) is 74.4 Å². The summed E-state index contributed by atoms with van der Waals surface area (Å²) in [5.74, 6) is 0.957. The number of nitrogens with one attached hydrogen (secondary N) is 1. The van der Waals surface area contributed by atoms with E-state index in [1.165, 1.54) is 59.7 Å². The molecule has 4 aromatic rings. The van der Waals surface area contributed by atoms with Gasteiger partial charge in [0.1, 0.15) is 0 Å². The predicted molar refractivity (Wildman–Crippen MR) is 144 cm³/mol. The van der Waals surface area contributed by atoms with E-state index < -0.39 is 5.97 Å². The SMILES string of the molecule is COc1cc(/C=N/NC(=O)CSc2nnc(SCc3cccc4ccccc34)s2)ccc1OC(C)=O. The number of aromatic nitrogens is 2. The molecule has 0 spiro atoms. The van der Waals surface area contributed by atoms with Crippen molar-refractivity contribution in [1.29, 1.82) is 0 Å². The molecule has 3 aromatic carbocycles. The number of fused-ring (bicyclic) bond motifs is 1. The average Bonchev–Trinajstić information content (AvgIpc) is 3.34. The number of nitrogens with zero attached hydrogens (tertiary/aromatic N) is 3.